The Bertz CT molecular complexity index is 358. The van der Waals surface area contributed by atoms with Gasteiger partial charge in [-0.05, 0) is 25.0 Å². The van der Waals surface area contributed by atoms with Crippen LogP contribution in [0.25, 0.3) is 0 Å². The molecule has 10 heteroatoms. The van der Waals surface area contributed by atoms with Gasteiger partial charge in [-0.3, -0.25) is 4.79 Å². The zero-order valence-corrected chi connectivity index (χ0v) is 12.5. The highest BCUT2D eigenvalue weighted by Crippen LogP contribution is 2.48. The van der Waals surface area contributed by atoms with Gasteiger partial charge in [-0.25, -0.2) is 0 Å². The summed E-state index contributed by atoms with van der Waals surface area (Å²) in [7, 11) is 0. The Kier molecular flexibility index (Phi) is 8.01. The average molecular weight is 358 g/mol. The molecule has 22 heavy (non-hydrogen) atoms. The summed E-state index contributed by atoms with van der Waals surface area (Å²) in [6, 6.07) is 0. The lowest BCUT2D eigenvalue weighted by Crippen LogP contribution is -2.51. The van der Waals surface area contributed by atoms with Crippen LogP contribution in [0.3, 0.4) is 0 Å². The zero-order chi connectivity index (χ0) is 17.6. The zero-order valence-electron chi connectivity index (χ0n) is 11.7. The highest BCUT2D eigenvalue weighted by molar-refractivity contribution is 8.00. The van der Waals surface area contributed by atoms with E-state index in [0.29, 0.717) is 12.8 Å². The summed E-state index contributed by atoms with van der Waals surface area (Å²) in [4.78, 5) is 10.8. The lowest BCUT2D eigenvalue weighted by molar-refractivity contribution is -0.355. The highest BCUT2D eigenvalue weighted by atomic mass is 32.2. The van der Waals surface area contributed by atoms with Crippen molar-refractivity contribution in [2.24, 2.45) is 0 Å². The Morgan fingerprint density at radius 3 is 2.05 bits per heavy atom. The molecule has 1 unspecified atom stereocenters. The fourth-order valence-electron chi connectivity index (χ4n) is 1.58. The molecule has 0 aromatic rings. The van der Waals surface area contributed by atoms with Gasteiger partial charge in [0.1, 0.15) is 5.25 Å². The van der Waals surface area contributed by atoms with Crippen molar-refractivity contribution in [3.05, 3.63) is 0 Å². The molecule has 2 nitrogen and oxygen atoms in total. The van der Waals surface area contributed by atoms with Gasteiger partial charge in [0.15, 0.2) is 0 Å². The van der Waals surface area contributed by atoms with Crippen LogP contribution in [0.2, 0.25) is 0 Å². The van der Waals surface area contributed by atoms with Gasteiger partial charge >= 0.3 is 24.0 Å². The van der Waals surface area contributed by atoms with Crippen molar-refractivity contribution in [2.75, 3.05) is 5.75 Å². The fourth-order valence-corrected chi connectivity index (χ4v) is 2.78. The number of hydrogen-bond donors (Lipinski definition) is 1. The number of alkyl halides is 7. The lowest BCUT2D eigenvalue weighted by atomic mass is 10.0. The molecule has 0 spiro atoms. The monoisotopic (exact) mass is 358 g/mol. The summed E-state index contributed by atoms with van der Waals surface area (Å²) in [5.41, 5.74) is 0. The standard InChI is InChI=1S/C12H17F7O2S/c1-2-5-8(9(20)21)22-7-4-3-6-10(13,14)11(15,16)12(17,18)19/h8H,2-7H2,1H3,(H,20,21). The number of carbonyl (C=O) groups is 1. The van der Waals surface area contributed by atoms with Crippen LogP contribution < -0.4 is 0 Å². The van der Waals surface area contributed by atoms with Crippen molar-refractivity contribution >= 4 is 17.7 Å². The van der Waals surface area contributed by atoms with Crippen molar-refractivity contribution in [1.82, 2.24) is 0 Å². The van der Waals surface area contributed by atoms with Crippen molar-refractivity contribution in [1.29, 1.82) is 0 Å². The van der Waals surface area contributed by atoms with E-state index >= 15 is 0 Å². The Morgan fingerprint density at radius 2 is 1.64 bits per heavy atom. The first-order valence-corrected chi connectivity index (χ1v) is 7.58. The predicted octanol–water partition coefficient (Wildman–Crippen LogP) is 4.98. The summed E-state index contributed by atoms with van der Waals surface area (Å²) < 4.78 is 86.8. The van der Waals surface area contributed by atoms with Crippen LogP contribution in [0.1, 0.15) is 39.0 Å². The number of rotatable bonds is 10. The Labute approximate surface area is 127 Å². The van der Waals surface area contributed by atoms with Gasteiger partial charge in [-0.1, -0.05) is 13.3 Å². The van der Waals surface area contributed by atoms with Crippen LogP contribution in [0.5, 0.6) is 0 Å². The molecule has 132 valence electrons. The van der Waals surface area contributed by atoms with Crippen LogP contribution >= 0.6 is 11.8 Å². The number of unbranched alkanes of at least 4 members (excludes halogenated alkanes) is 1. The molecule has 0 aromatic carbocycles. The molecule has 0 radical (unpaired) electrons. The third-order valence-electron chi connectivity index (χ3n) is 2.85. The third kappa shape index (κ3) is 5.85. The number of halogens is 7. The molecule has 0 bridgehead atoms. The predicted molar refractivity (Wildman–Crippen MR) is 68.6 cm³/mol. The number of thioether (sulfide) groups is 1. The molecule has 0 aliphatic heterocycles. The Morgan fingerprint density at radius 1 is 1.09 bits per heavy atom. The van der Waals surface area contributed by atoms with E-state index in [-0.39, 0.29) is 12.2 Å². The first-order valence-electron chi connectivity index (χ1n) is 6.53. The summed E-state index contributed by atoms with van der Waals surface area (Å²) in [6.07, 6.45) is -7.57. The van der Waals surface area contributed by atoms with E-state index in [2.05, 4.69) is 0 Å². The average Bonchev–Trinajstić information content (AvgIpc) is 2.35. The molecule has 1 N–H and O–H groups in total. The number of hydrogen-bond acceptors (Lipinski definition) is 2. The van der Waals surface area contributed by atoms with E-state index < -0.39 is 42.1 Å². The normalized spacial score (nSPS) is 14.9. The topological polar surface area (TPSA) is 37.3 Å². The molecular formula is C12H17F7O2S. The van der Waals surface area contributed by atoms with Gasteiger partial charge in [-0.2, -0.15) is 30.7 Å². The van der Waals surface area contributed by atoms with E-state index in [1.165, 1.54) is 0 Å². The molecule has 0 amide bonds. The second kappa shape index (κ2) is 8.26. The summed E-state index contributed by atoms with van der Waals surface area (Å²) in [5, 5.41) is 8.09. The largest absolute Gasteiger partial charge is 0.480 e. The molecule has 0 heterocycles. The van der Waals surface area contributed by atoms with Gasteiger partial charge in [0.2, 0.25) is 0 Å². The van der Waals surface area contributed by atoms with Gasteiger partial charge in [0.25, 0.3) is 0 Å². The van der Waals surface area contributed by atoms with Crippen LogP contribution in [0.4, 0.5) is 30.7 Å². The van der Waals surface area contributed by atoms with Crippen molar-refractivity contribution in [3.63, 3.8) is 0 Å². The summed E-state index contributed by atoms with van der Waals surface area (Å²) >= 11 is 0.964. The minimum absolute atomic E-state index is 0.0678. The number of carboxylic acid groups (broad SMARTS) is 1. The van der Waals surface area contributed by atoms with Gasteiger partial charge in [0.05, 0.1) is 0 Å². The van der Waals surface area contributed by atoms with Crippen LogP contribution in [-0.2, 0) is 4.79 Å². The van der Waals surface area contributed by atoms with Crippen molar-refractivity contribution < 1.29 is 40.6 Å². The SMILES string of the molecule is CCCC(SCCCCC(F)(F)C(F)(F)C(F)(F)F)C(=O)O. The molecular weight excluding hydrogens is 341 g/mol. The molecule has 0 aliphatic carbocycles. The fraction of sp³-hybridized carbons (Fsp3) is 0.917. The molecule has 0 rings (SSSR count). The van der Waals surface area contributed by atoms with E-state index in [0.717, 1.165) is 11.8 Å². The van der Waals surface area contributed by atoms with Gasteiger partial charge in [-0.15, -0.1) is 11.8 Å². The first kappa shape index (κ1) is 21.3. The molecule has 0 saturated carbocycles. The lowest BCUT2D eigenvalue weighted by Gasteiger charge is -2.28. The van der Waals surface area contributed by atoms with Crippen LogP contribution in [0.15, 0.2) is 0 Å². The maximum Gasteiger partial charge on any atom is 0.459 e. The molecule has 0 saturated heterocycles. The van der Waals surface area contributed by atoms with Crippen molar-refractivity contribution in [3.8, 4) is 0 Å². The second-order valence-electron chi connectivity index (χ2n) is 4.72. The van der Waals surface area contributed by atoms with Crippen LogP contribution in [-0.4, -0.2) is 40.1 Å². The van der Waals surface area contributed by atoms with E-state index in [1.54, 1.807) is 6.92 Å². The second-order valence-corrected chi connectivity index (χ2v) is 6.03. The Balaban J connectivity index is 4.28. The number of aliphatic carboxylic acids is 1. The molecule has 0 aromatic heterocycles. The van der Waals surface area contributed by atoms with E-state index in [9.17, 15) is 35.5 Å². The van der Waals surface area contributed by atoms with Crippen LogP contribution in [0, 0.1) is 0 Å². The third-order valence-corrected chi connectivity index (χ3v) is 4.21. The first-order chi connectivity index (χ1) is 9.87. The van der Waals surface area contributed by atoms with Gasteiger partial charge < -0.3 is 5.11 Å². The minimum atomic E-state index is -6.30. The molecule has 0 aliphatic rings. The molecule has 0 fully saturated rings. The Hall–Kier alpha value is -0.670. The quantitative estimate of drug-likeness (QED) is 0.442. The smallest absolute Gasteiger partial charge is 0.459 e. The maximum atomic E-state index is 13.0. The van der Waals surface area contributed by atoms with E-state index in [1.807, 2.05) is 0 Å². The highest BCUT2D eigenvalue weighted by Gasteiger charge is 2.72. The number of carboxylic acids is 1. The van der Waals surface area contributed by atoms with Gasteiger partial charge in [0, 0.05) is 6.42 Å². The van der Waals surface area contributed by atoms with E-state index in [4.69, 9.17) is 5.11 Å². The minimum Gasteiger partial charge on any atom is -0.480 e. The molecule has 1 atom stereocenters. The van der Waals surface area contributed by atoms with Crippen molar-refractivity contribution in [2.45, 2.75) is 62.3 Å². The maximum absolute atomic E-state index is 13.0. The summed E-state index contributed by atoms with van der Waals surface area (Å²) in [5.74, 6) is -12.2. The summed E-state index contributed by atoms with van der Waals surface area (Å²) in [6.45, 7) is 1.76.